The van der Waals surface area contributed by atoms with E-state index in [0.717, 1.165) is 12.0 Å². The van der Waals surface area contributed by atoms with Crippen molar-refractivity contribution in [3.05, 3.63) is 70.8 Å². The molecule has 0 bridgehead atoms. The Morgan fingerprint density at radius 2 is 1.76 bits per heavy atom. The molecule has 10 nitrogen and oxygen atoms in total. The van der Waals surface area contributed by atoms with Gasteiger partial charge in [0.05, 0.1) is 12.0 Å². The smallest absolute Gasteiger partial charge is 0.500 e. The summed E-state index contributed by atoms with van der Waals surface area (Å²) in [5.41, 5.74) is 2.69. The largest absolute Gasteiger partial charge is 0.508 e. The highest BCUT2D eigenvalue weighted by atomic mass is 32.1. The van der Waals surface area contributed by atoms with Gasteiger partial charge in [0.1, 0.15) is 23.1 Å². The van der Waals surface area contributed by atoms with Crippen LogP contribution < -0.4 is 15.4 Å². The summed E-state index contributed by atoms with van der Waals surface area (Å²) < 4.78 is 23.8. The number of ketones is 1. The molecule has 2 atom stereocenters. The van der Waals surface area contributed by atoms with Gasteiger partial charge in [0, 0.05) is 54.3 Å². The van der Waals surface area contributed by atoms with Crippen LogP contribution in [0.15, 0.2) is 54.1 Å². The van der Waals surface area contributed by atoms with Crippen LogP contribution in [0, 0.1) is 0 Å². The lowest BCUT2D eigenvalue weighted by atomic mass is 9.82. The number of hydrogen-bond acceptors (Lipinski definition) is 10. The molecule has 42 heavy (non-hydrogen) atoms. The maximum absolute atomic E-state index is 12.5. The van der Waals surface area contributed by atoms with E-state index in [9.17, 15) is 19.8 Å². The number of fused-ring (bicyclic) bond motifs is 2. The highest BCUT2D eigenvalue weighted by Gasteiger charge is 2.39. The summed E-state index contributed by atoms with van der Waals surface area (Å²) in [6, 6.07) is 10.5. The van der Waals surface area contributed by atoms with Crippen molar-refractivity contribution in [1.82, 2.24) is 5.32 Å². The van der Waals surface area contributed by atoms with Gasteiger partial charge in [-0.1, -0.05) is 12.1 Å². The zero-order valence-electron chi connectivity index (χ0n) is 24.0. The fourth-order valence-electron chi connectivity index (χ4n) is 5.21. The van der Waals surface area contributed by atoms with Crippen LogP contribution >= 0.6 is 12.6 Å². The Morgan fingerprint density at radius 3 is 2.43 bits per heavy atom. The zero-order valence-corrected chi connectivity index (χ0v) is 25.9. The number of thiol groups is 1. The molecular formula is C30H38N2O8SSi. The molecule has 0 aromatic heterocycles. The second kappa shape index (κ2) is 14.4. The fraction of sp³-hybridized carbons (Fsp3) is 0.400. The van der Waals surface area contributed by atoms with Crippen LogP contribution in [0.5, 0.6) is 11.5 Å². The molecule has 1 aliphatic carbocycles. The van der Waals surface area contributed by atoms with Crippen LogP contribution in [0.2, 0.25) is 6.04 Å². The van der Waals surface area contributed by atoms with Crippen molar-refractivity contribution in [2.75, 3.05) is 31.7 Å². The molecule has 0 fully saturated rings. The van der Waals surface area contributed by atoms with E-state index in [4.69, 9.17) is 18.0 Å². The van der Waals surface area contributed by atoms with Crippen molar-refractivity contribution in [2.24, 2.45) is 0 Å². The number of phenolic OH excluding ortho intramolecular Hbond substituents is 1. The SMILES string of the molecule is CCO[Si](CCCN[C@@H](S)Nc1ccc(C2=C3C=CC(=O)CC3Oc3cc(O)ccc32)c(C(=O)O)c1)(OCC)OCC. The van der Waals surface area contributed by atoms with Gasteiger partial charge >= 0.3 is 14.8 Å². The molecule has 226 valence electrons. The van der Waals surface area contributed by atoms with Crippen LogP contribution in [0.4, 0.5) is 5.69 Å². The Balaban J connectivity index is 1.52. The predicted octanol–water partition coefficient (Wildman–Crippen LogP) is 4.84. The predicted molar refractivity (Wildman–Crippen MR) is 165 cm³/mol. The van der Waals surface area contributed by atoms with Crippen LogP contribution in [-0.2, 0) is 18.1 Å². The number of carbonyl (C=O) groups is 2. The number of rotatable bonds is 15. The van der Waals surface area contributed by atoms with Gasteiger partial charge in [-0.15, -0.1) is 12.6 Å². The number of nitrogens with one attached hydrogen (secondary N) is 2. The minimum Gasteiger partial charge on any atom is -0.508 e. The Hall–Kier alpha value is -3.13. The molecule has 0 spiro atoms. The summed E-state index contributed by atoms with van der Waals surface area (Å²) >= 11 is 4.60. The lowest BCUT2D eigenvalue weighted by Gasteiger charge is -2.32. The van der Waals surface area contributed by atoms with Gasteiger partial charge in [0.2, 0.25) is 0 Å². The molecule has 4 rings (SSSR count). The van der Waals surface area contributed by atoms with Gasteiger partial charge in [-0.05, 0) is 69.6 Å². The van der Waals surface area contributed by atoms with Gasteiger partial charge in [-0.3, -0.25) is 10.1 Å². The van der Waals surface area contributed by atoms with E-state index < -0.39 is 26.4 Å². The van der Waals surface area contributed by atoms with Crippen molar-refractivity contribution in [3.8, 4) is 11.5 Å². The number of anilines is 1. The number of hydrogen-bond donors (Lipinski definition) is 5. The average Bonchev–Trinajstić information content (AvgIpc) is 2.94. The summed E-state index contributed by atoms with van der Waals surface area (Å²) in [6.07, 6.45) is 3.47. The average molecular weight is 615 g/mol. The van der Waals surface area contributed by atoms with E-state index in [1.165, 1.54) is 18.2 Å². The molecule has 0 radical (unpaired) electrons. The summed E-state index contributed by atoms with van der Waals surface area (Å²) in [5, 5.41) is 26.7. The lowest BCUT2D eigenvalue weighted by Crippen LogP contribution is -2.46. The molecule has 0 amide bonds. The maximum Gasteiger partial charge on any atom is 0.500 e. The van der Waals surface area contributed by atoms with Crippen molar-refractivity contribution in [3.63, 3.8) is 0 Å². The fourth-order valence-corrected chi connectivity index (χ4v) is 8.10. The zero-order chi connectivity index (χ0) is 30.3. The molecule has 2 aromatic carbocycles. The summed E-state index contributed by atoms with van der Waals surface area (Å²) in [4.78, 5) is 24.6. The summed E-state index contributed by atoms with van der Waals surface area (Å²) in [5.74, 6) is -0.779. The van der Waals surface area contributed by atoms with Gasteiger partial charge in [-0.25, -0.2) is 4.79 Å². The Bertz CT molecular complexity index is 1350. The van der Waals surface area contributed by atoms with E-state index in [-0.39, 0.29) is 23.5 Å². The molecule has 1 aliphatic heterocycles. The van der Waals surface area contributed by atoms with Gasteiger partial charge in [-0.2, -0.15) is 0 Å². The summed E-state index contributed by atoms with van der Waals surface area (Å²) in [6.45, 7) is 7.95. The van der Waals surface area contributed by atoms with Gasteiger partial charge in [0.15, 0.2) is 5.78 Å². The van der Waals surface area contributed by atoms with E-state index >= 15 is 0 Å². The molecule has 2 aromatic rings. The number of phenols is 1. The normalized spacial score (nSPS) is 17.0. The highest BCUT2D eigenvalue weighted by Crippen LogP contribution is 2.44. The first-order valence-electron chi connectivity index (χ1n) is 14.1. The Labute approximate surface area is 252 Å². The van der Waals surface area contributed by atoms with Gasteiger partial charge < -0.3 is 33.5 Å². The van der Waals surface area contributed by atoms with Crippen LogP contribution in [0.3, 0.4) is 0 Å². The lowest BCUT2D eigenvalue weighted by molar-refractivity contribution is -0.116. The van der Waals surface area contributed by atoms with E-state index in [1.807, 2.05) is 20.8 Å². The number of carboxylic acid groups (broad SMARTS) is 1. The quantitative estimate of drug-likeness (QED) is 0.0821. The molecule has 2 aliphatic rings. The number of benzene rings is 2. The molecule has 0 saturated heterocycles. The van der Waals surface area contributed by atoms with Crippen LogP contribution in [0.1, 0.15) is 55.1 Å². The monoisotopic (exact) mass is 614 g/mol. The third kappa shape index (κ3) is 7.44. The standard InChI is InChI=1S/C30H38N2O8SSi/c1-4-37-42(38-5-2,39-6-3)15-7-14-31-30(41)32-19-8-11-22(25(16-19)29(35)36)28-23-12-9-20(33)17-26(23)40-27-18-21(34)10-13-24(27)28/h8-13,16-17,27,30-33,41H,4-7,14-15,18H2,1-3H3,(H,35,36)/t27?,30-/m1/s1. The minimum atomic E-state index is -2.73. The number of aromatic hydroxyl groups is 1. The first-order chi connectivity index (χ1) is 20.2. The molecule has 1 heterocycles. The summed E-state index contributed by atoms with van der Waals surface area (Å²) in [7, 11) is -2.73. The van der Waals surface area contributed by atoms with Crippen molar-refractivity contribution in [1.29, 1.82) is 0 Å². The third-order valence-electron chi connectivity index (χ3n) is 6.89. The molecule has 0 saturated carbocycles. The topological polar surface area (TPSA) is 136 Å². The molecule has 1 unspecified atom stereocenters. The first-order valence-corrected chi connectivity index (χ1v) is 16.6. The van der Waals surface area contributed by atoms with E-state index in [1.54, 1.807) is 30.3 Å². The minimum absolute atomic E-state index is 0.0151. The highest BCUT2D eigenvalue weighted by molar-refractivity contribution is 7.81. The molecule has 4 N–H and O–H groups in total. The van der Waals surface area contributed by atoms with Gasteiger partial charge in [0.25, 0.3) is 0 Å². The Morgan fingerprint density at radius 1 is 1.07 bits per heavy atom. The maximum atomic E-state index is 12.5. The number of aromatic carboxylic acids is 1. The molecular weight excluding hydrogens is 576 g/mol. The number of allylic oxidation sites excluding steroid dienone is 1. The second-order valence-corrected chi connectivity index (χ2v) is 13.0. The van der Waals surface area contributed by atoms with E-state index in [2.05, 4.69) is 23.3 Å². The van der Waals surface area contributed by atoms with E-state index in [0.29, 0.717) is 60.5 Å². The Kier molecular flexibility index (Phi) is 10.9. The van der Waals surface area contributed by atoms with Crippen molar-refractivity contribution >= 4 is 44.4 Å². The first kappa shape index (κ1) is 31.8. The number of carboxylic acids is 1. The third-order valence-corrected chi connectivity index (χ3v) is 10.4. The number of ether oxygens (including phenoxy) is 1. The van der Waals surface area contributed by atoms with Crippen LogP contribution in [0.25, 0.3) is 5.57 Å². The van der Waals surface area contributed by atoms with Crippen LogP contribution in [-0.4, -0.2) is 68.7 Å². The number of carbonyl (C=O) groups excluding carboxylic acids is 1. The molecule has 12 heteroatoms. The van der Waals surface area contributed by atoms with Crippen molar-refractivity contribution < 1.29 is 37.8 Å². The second-order valence-electron chi connectivity index (χ2n) is 9.77. The van der Waals surface area contributed by atoms with Crippen molar-refractivity contribution in [2.45, 2.75) is 51.3 Å².